The molecule has 1 saturated heterocycles. The maximum absolute atomic E-state index is 4.71. The van der Waals surface area contributed by atoms with Crippen molar-refractivity contribution in [2.75, 3.05) is 26.2 Å². The minimum absolute atomic E-state index is 0.433. The highest BCUT2D eigenvalue weighted by molar-refractivity contribution is 7.99. The molecule has 5 rings (SSSR count). The lowest BCUT2D eigenvalue weighted by Gasteiger charge is -2.38. The highest BCUT2D eigenvalue weighted by Crippen LogP contribution is 2.42. The van der Waals surface area contributed by atoms with Crippen molar-refractivity contribution in [2.24, 2.45) is 5.10 Å². The first kappa shape index (κ1) is 18.5. The summed E-state index contributed by atoms with van der Waals surface area (Å²) in [5.74, 6) is 0. The molecule has 0 N–H and O–H groups in total. The standard InChI is InChI=1S/C25H25N3S/c1-2-8-20(9-3-1)19-26-28-16-14-27(15-17-28)23-18-21-10-4-6-12-24(21)29-25-13-7-5-11-22(23)25/h1-13,19,23H,14-18H2/b26-19-/t23-/m0/s1. The van der Waals surface area contributed by atoms with Crippen LogP contribution in [0.1, 0.15) is 22.7 Å². The van der Waals surface area contributed by atoms with E-state index in [9.17, 15) is 0 Å². The van der Waals surface area contributed by atoms with E-state index in [-0.39, 0.29) is 0 Å². The zero-order chi connectivity index (χ0) is 19.5. The van der Waals surface area contributed by atoms with Gasteiger partial charge in [-0.15, -0.1) is 0 Å². The molecule has 3 aromatic rings. The van der Waals surface area contributed by atoms with Crippen LogP contribution in [0.15, 0.2) is 93.8 Å². The lowest BCUT2D eigenvalue weighted by molar-refractivity contribution is 0.0970. The number of piperazine rings is 1. The summed E-state index contributed by atoms with van der Waals surface area (Å²) in [6.45, 7) is 4.02. The van der Waals surface area contributed by atoms with Crippen LogP contribution < -0.4 is 0 Å². The summed E-state index contributed by atoms with van der Waals surface area (Å²) in [7, 11) is 0. The number of rotatable bonds is 3. The summed E-state index contributed by atoms with van der Waals surface area (Å²) >= 11 is 1.92. The Morgan fingerprint density at radius 1 is 0.759 bits per heavy atom. The SMILES string of the molecule is C(=N/N1CCN([C@H]2Cc3ccccc3Sc3ccccc32)CC1)/c1ccccc1. The Labute approximate surface area is 177 Å². The van der Waals surface area contributed by atoms with Gasteiger partial charge >= 0.3 is 0 Å². The van der Waals surface area contributed by atoms with E-state index in [4.69, 9.17) is 5.10 Å². The van der Waals surface area contributed by atoms with Crippen molar-refractivity contribution in [2.45, 2.75) is 22.3 Å². The van der Waals surface area contributed by atoms with Gasteiger partial charge in [-0.25, -0.2) is 0 Å². The molecule has 0 amide bonds. The Kier molecular flexibility index (Phi) is 5.37. The van der Waals surface area contributed by atoms with E-state index in [0.717, 1.165) is 38.2 Å². The zero-order valence-electron chi connectivity index (χ0n) is 16.4. The van der Waals surface area contributed by atoms with Crippen molar-refractivity contribution >= 4 is 18.0 Å². The minimum atomic E-state index is 0.433. The van der Waals surface area contributed by atoms with Gasteiger partial charge in [0, 0.05) is 42.0 Å². The van der Waals surface area contributed by atoms with E-state index in [0.29, 0.717) is 6.04 Å². The van der Waals surface area contributed by atoms with Crippen molar-refractivity contribution < 1.29 is 0 Å². The number of hydrazone groups is 1. The molecule has 29 heavy (non-hydrogen) atoms. The molecule has 0 spiro atoms. The normalized spacial score (nSPS) is 19.6. The minimum Gasteiger partial charge on any atom is -0.294 e. The number of hydrogen-bond acceptors (Lipinski definition) is 4. The van der Waals surface area contributed by atoms with Crippen LogP contribution in [0.2, 0.25) is 0 Å². The topological polar surface area (TPSA) is 18.8 Å². The third kappa shape index (κ3) is 4.09. The first-order valence-corrected chi connectivity index (χ1v) is 11.1. The van der Waals surface area contributed by atoms with E-state index >= 15 is 0 Å². The molecule has 0 bridgehead atoms. The number of benzene rings is 3. The van der Waals surface area contributed by atoms with Crippen LogP contribution in [0.25, 0.3) is 0 Å². The molecule has 3 aromatic carbocycles. The van der Waals surface area contributed by atoms with E-state index in [1.54, 1.807) is 0 Å². The predicted molar refractivity (Wildman–Crippen MR) is 121 cm³/mol. The Balaban J connectivity index is 1.33. The van der Waals surface area contributed by atoms with Crippen molar-refractivity contribution in [1.29, 1.82) is 0 Å². The van der Waals surface area contributed by atoms with Gasteiger partial charge in [0.05, 0.1) is 6.21 Å². The maximum atomic E-state index is 4.71. The molecular formula is C25H25N3S. The first-order chi connectivity index (χ1) is 14.4. The molecule has 1 fully saturated rings. The molecule has 0 aliphatic carbocycles. The number of fused-ring (bicyclic) bond motifs is 2. The quantitative estimate of drug-likeness (QED) is 0.572. The van der Waals surface area contributed by atoms with Crippen LogP contribution in [-0.4, -0.2) is 42.3 Å². The summed E-state index contributed by atoms with van der Waals surface area (Å²) in [5.41, 5.74) is 4.08. The fraction of sp³-hybridized carbons (Fsp3) is 0.240. The van der Waals surface area contributed by atoms with Crippen LogP contribution in [0.5, 0.6) is 0 Å². The van der Waals surface area contributed by atoms with Gasteiger partial charge in [0.25, 0.3) is 0 Å². The van der Waals surface area contributed by atoms with Crippen LogP contribution in [0.3, 0.4) is 0 Å². The lowest BCUT2D eigenvalue weighted by Crippen LogP contribution is -2.46. The zero-order valence-corrected chi connectivity index (χ0v) is 17.3. The van der Waals surface area contributed by atoms with Gasteiger partial charge in [-0.2, -0.15) is 5.10 Å². The van der Waals surface area contributed by atoms with Gasteiger partial charge < -0.3 is 0 Å². The van der Waals surface area contributed by atoms with Crippen molar-refractivity contribution in [3.05, 3.63) is 95.6 Å². The van der Waals surface area contributed by atoms with Crippen LogP contribution >= 0.6 is 11.8 Å². The van der Waals surface area contributed by atoms with E-state index in [1.807, 2.05) is 24.0 Å². The van der Waals surface area contributed by atoms with Crippen molar-refractivity contribution in [3.8, 4) is 0 Å². The predicted octanol–water partition coefficient (Wildman–Crippen LogP) is 5.09. The second kappa shape index (κ2) is 8.44. The first-order valence-electron chi connectivity index (χ1n) is 10.3. The van der Waals surface area contributed by atoms with E-state index in [2.05, 4.69) is 82.7 Å². The molecular weight excluding hydrogens is 374 g/mol. The molecule has 146 valence electrons. The fourth-order valence-corrected chi connectivity index (χ4v) is 5.34. The second-order valence-corrected chi connectivity index (χ2v) is 8.70. The third-order valence-corrected chi connectivity index (χ3v) is 6.99. The van der Waals surface area contributed by atoms with Crippen molar-refractivity contribution in [3.63, 3.8) is 0 Å². The second-order valence-electron chi connectivity index (χ2n) is 7.61. The van der Waals surface area contributed by atoms with Gasteiger partial charge in [0.1, 0.15) is 0 Å². The Morgan fingerprint density at radius 3 is 2.28 bits per heavy atom. The smallest absolute Gasteiger partial charge is 0.0542 e. The van der Waals surface area contributed by atoms with Gasteiger partial charge in [0.15, 0.2) is 0 Å². The molecule has 4 heteroatoms. The molecule has 1 atom stereocenters. The molecule has 0 aromatic heterocycles. The number of nitrogens with zero attached hydrogens (tertiary/aromatic N) is 3. The average Bonchev–Trinajstić information content (AvgIpc) is 2.95. The van der Waals surface area contributed by atoms with Crippen LogP contribution in [-0.2, 0) is 6.42 Å². The van der Waals surface area contributed by atoms with Crippen LogP contribution in [0.4, 0.5) is 0 Å². The Bertz CT molecular complexity index is 994. The maximum Gasteiger partial charge on any atom is 0.0542 e. The van der Waals surface area contributed by atoms with Gasteiger partial charge in [0.2, 0.25) is 0 Å². The summed E-state index contributed by atoms with van der Waals surface area (Å²) in [4.78, 5) is 5.44. The largest absolute Gasteiger partial charge is 0.294 e. The molecule has 0 radical (unpaired) electrons. The molecule has 0 unspecified atom stereocenters. The van der Waals surface area contributed by atoms with Crippen molar-refractivity contribution in [1.82, 2.24) is 9.91 Å². The highest BCUT2D eigenvalue weighted by atomic mass is 32.2. The number of hydrogen-bond donors (Lipinski definition) is 0. The lowest BCUT2D eigenvalue weighted by atomic mass is 9.97. The molecule has 2 aliphatic heterocycles. The monoisotopic (exact) mass is 399 g/mol. The molecule has 2 aliphatic rings. The highest BCUT2D eigenvalue weighted by Gasteiger charge is 2.29. The van der Waals surface area contributed by atoms with E-state index < -0.39 is 0 Å². The summed E-state index contributed by atoms with van der Waals surface area (Å²) in [6, 6.07) is 28.6. The van der Waals surface area contributed by atoms with Gasteiger partial charge in [-0.05, 0) is 35.2 Å². The third-order valence-electron chi connectivity index (χ3n) is 5.78. The average molecular weight is 400 g/mol. The Hall–Kier alpha value is -2.56. The molecule has 0 saturated carbocycles. The molecule has 2 heterocycles. The van der Waals surface area contributed by atoms with Gasteiger partial charge in [-0.1, -0.05) is 78.5 Å². The Morgan fingerprint density at radius 2 is 1.45 bits per heavy atom. The summed E-state index contributed by atoms with van der Waals surface area (Å²) in [6.07, 6.45) is 3.05. The van der Waals surface area contributed by atoms with Gasteiger partial charge in [-0.3, -0.25) is 9.91 Å². The molecule has 3 nitrogen and oxygen atoms in total. The summed E-state index contributed by atoms with van der Waals surface area (Å²) < 4.78 is 0. The summed E-state index contributed by atoms with van der Waals surface area (Å²) in [5, 5.41) is 6.91. The van der Waals surface area contributed by atoms with Crippen LogP contribution in [0, 0.1) is 0 Å². The van der Waals surface area contributed by atoms with E-state index in [1.165, 1.54) is 20.9 Å². The fourth-order valence-electron chi connectivity index (χ4n) is 4.21.